The molecule has 0 radical (unpaired) electrons. The SMILES string of the molecule is COc1cccc(-c2cc(C(=O)Nc3ccccc3C(F)(F)F)[nH]n2)c1. The van der Waals surface area contributed by atoms with Crippen LogP contribution in [0.5, 0.6) is 5.75 Å². The van der Waals surface area contributed by atoms with E-state index in [2.05, 4.69) is 15.5 Å². The van der Waals surface area contributed by atoms with E-state index in [-0.39, 0.29) is 11.4 Å². The molecule has 2 N–H and O–H groups in total. The molecule has 2 aromatic carbocycles. The van der Waals surface area contributed by atoms with Crippen molar-refractivity contribution in [1.82, 2.24) is 10.2 Å². The monoisotopic (exact) mass is 361 g/mol. The highest BCUT2D eigenvalue weighted by Crippen LogP contribution is 2.34. The lowest BCUT2D eigenvalue weighted by atomic mass is 10.1. The van der Waals surface area contributed by atoms with Crippen LogP contribution < -0.4 is 10.1 Å². The number of methoxy groups -OCH3 is 1. The molecule has 1 heterocycles. The largest absolute Gasteiger partial charge is 0.497 e. The summed E-state index contributed by atoms with van der Waals surface area (Å²) in [4.78, 5) is 12.3. The molecule has 0 saturated carbocycles. The van der Waals surface area contributed by atoms with Crippen LogP contribution >= 0.6 is 0 Å². The second-order valence-electron chi connectivity index (χ2n) is 5.40. The fraction of sp³-hybridized carbons (Fsp3) is 0.111. The highest BCUT2D eigenvalue weighted by molar-refractivity contribution is 6.03. The van der Waals surface area contributed by atoms with Crippen molar-refractivity contribution in [3.63, 3.8) is 0 Å². The number of para-hydroxylation sites is 1. The Morgan fingerprint density at radius 2 is 1.88 bits per heavy atom. The number of alkyl halides is 3. The van der Waals surface area contributed by atoms with Crippen molar-refractivity contribution < 1.29 is 22.7 Å². The first-order valence-electron chi connectivity index (χ1n) is 7.56. The van der Waals surface area contributed by atoms with E-state index in [1.807, 2.05) is 0 Å². The van der Waals surface area contributed by atoms with Crippen LogP contribution in [0, 0.1) is 0 Å². The molecule has 0 spiro atoms. The van der Waals surface area contributed by atoms with Crippen molar-refractivity contribution in [3.05, 3.63) is 65.9 Å². The predicted molar refractivity (Wildman–Crippen MR) is 90.0 cm³/mol. The van der Waals surface area contributed by atoms with Gasteiger partial charge in [-0.25, -0.2) is 0 Å². The van der Waals surface area contributed by atoms with Crippen LogP contribution in [-0.2, 0) is 6.18 Å². The molecule has 0 atom stereocenters. The summed E-state index contributed by atoms with van der Waals surface area (Å²) in [7, 11) is 1.53. The smallest absolute Gasteiger partial charge is 0.418 e. The van der Waals surface area contributed by atoms with E-state index in [0.29, 0.717) is 17.0 Å². The number of aromatic nitrogens is 2. The first kappa shape index (κ1) is 17.5. The summed E-state index contributed by atoms with van der Waals surface area (Å²) >= 11 is 0. The molecule has 0 aliphatic rings. The number of carbonyl (C=O) groups is 1. The number of ether oxygens (including phenoxy) is 1. The molecular formula is C18H14F3N3O2. The van der Waals surface area contributed by atoms with Crippen LogP contribution in [0.15, 0.2) is 54.6 Å². The number of nitrogens with one attached hydrogen (secondary N) is 2. The molecule has 1 aromatic heterocycles. The Bertz CT molecular complexity index is 935. The molecule has 0 aliphatic carbocycles. The van der Waals surface area contributed by atoms with Crippen molar-refractivity contribution >= 4 is 11.6 Å². The number of anilines is 1. The number of halogens is 3. The minimum atomic E-state index is -4.57. The topological polar surface area (TPSA) is 67.0 Å². The van der Waals surface area contributed by atoms with Gasteiger partial charge in [0.05, 0.1) is 24.1 Å². The van der Waals surface area contributed by atoms with Crippen LogP contribution in [0.25, 0.3) is 11.3 Å². The molecule has 8 heteroatoms. The third-order valence-corrected chi connectivity index (χ3v) is 3.67. The van der Waals surface area contributed by atoms with Gasteiger partial charge in [0.1, 0.15) is 11.4 Å². The zero-order chi connectivity index (χ0) is 18.7. The van der Waals surface area contributed by atoms with Gasteiger partial charge in [0.25, 0.3) is 5.91 Å². The Kier molecular flexibility index (Phi) is 4.66. The van der Waals surface area contributed by atoms with Crippen LogP contribution in [0.1, 0.15) is 16.1 Å². The van der Waals surface area contributed by atoms with Crippen molar-refractivity contribution in [2.24, 2.45) is 0 Å². The van der Waals surface area contributed by atoms with Crippen LogP contribution in [0.2, 0.25) is 0 Å². The molecule has 0 fully saturated rings. The first-order valence-corrected chi connectivity index (χ1v) is 7.56. The van der Waals surface area contributed by atoms with Gasteiger partial charge in [-0.1, -0.05) is 24.3 Å². The molecule has 0 aliphatic heterocycles. The molecule has 3 rings (SSSR count). The van der Waals surface area contributed by atoms with Crippen molar-refractivity contribution in [2.45, 2.75) is 6.18 Å². The molecule has 1 amide bonds. The van der Waals surface area contributed by atoms with Gasteiger partial charge < -0.3 is 10.1 Å². The Morgan fingerprint density at radius 3 is 2.62 bits per heavy atom. The highest BCUT2D eigenvalue weighted by Gasteiger charge is 2.33. The molecular weight excluding hydrogens is 347 g/mol. The highest BCUT2D eigenvalue weighted by atomic mass is 19.4. The van der Waals surface area contributed by atoms with Gasteiger partial charge >= 0.3 is 6.18 Å². The quantitative estimate of drug-likeness (QED) is 0.726. The summed E-state index contributed by atoms with van der Waals surface area (Å²) < 4.78 is 44.2. The van der Waals surface area contributed by atoms with Gasteiger partial charge in [-0.05, 0) is 30.3 Å². The molecule has 0 saturated heterocycles. The summed E-state index contributed by atoms with van der Waals surface area (Å²) in [6.07, 6.45) is -4.57. The van der Waals surface area contributed by atoms with E-state index < -0.39 is 17.6 Å². The Hall–Kier alpha value is -3.29. The van der Waals surface area contributed by atoms with Crippen molar-refractivity contribution in [1.29, 1.82) is 0 Å². The number of amides is 1. The normalized spacial score (nSPS) is 11.2. The number of nitrogens with zero attached hydrogens (tertiary/aromatic N) is 1. The van der Waals surface area contributed by atoms with E-state index in [4.69, 9.17) is 4.74 Å². The van der Waals surface area contributed by atoms with Crippen LogP contribution in [-0.4, -0.2) is 23.2 Å². The number of benzene rings is 2. The van der Waals surface area contributed by atoms with Gasteiger partial charge in [0.15, 0.2) is 0 Å². The maximum Gasteiger partial charge on any atom is 0.418 e. The summed E-state index contributed by atoms with van der Waals surface area (Å²) in [6.45, 7) is 0. The zero-order valence-corrected chi connectivity index (χ0v) is 13.6. The Morgan fingerprint density at radius 1 is 1.12 bits per heavy atom. The first-order chi connectivity index (χ1) is 12.4. The number of rotatable bonds is 4. The standard InChI is InChI=1S/C18H14F3N3O2/c1-26-12-6-4-5-11(9-12)15-10-16(24-23-15)17(25)22-14-8-3-2-7-13(14)18(19,20)21/h2-10H,1H3,(H,22,25)(H,23,24). The third-order valence-electron chi connectivity index (χ3n) is 3.67. The number of carbonyl (C=O) groups excluding carboxylic acids is 1. The van der Waals surface area contributed by atoms with Gasteiger partial charge in [0.2, 0.25) is 0 Å². The summed E-state index contributed by atoms with van der Waals surface area (Å²) in [5.41, 5.74) is -0.0169. The summed E-state index contributed by atoms with van der Waals surface area (Å²) in [5.74, 6) is -0.0982. The average molecular weight is 361 g/mol. The van der Waals surface area contributed by atoms with Crippen molar-refractivity contribution in [2.75, 3.05) is 12.4 Å². The third kappa shape index (κ3) is 3.69. The number of aromatic amines is 1. The minimum absolute atomic E-state index is 0.0415. The van der Waals surface area contributed by atoms with E-state index in [1.165, 1.54) is 31.4 Å². The van der Waals surface area contributed by atoms with E-state index in [1.54, 1.807) is 24.3 Å². The predicted octanol–water partition coefficient (Wildman–Crippen LogP) is 4.36. The number of hydrogen-bond donors (Lipinski definition) is 2. The molecule has 5 nitrogen and oxygen atoms in total. The minimum Gasteiger partial charge on any atom is -0.497 e. The molecule has 26 heavy (non-hydrogen) atoms. The van der Waals surface area contributed by atoms with Crippen LogP contribution in [0.4, 0.5) is 18.9 Å². The zero-order valence-electron chi connectivity index (χ0n) is 13.6. The Balaban J connectivity index is 1.83. The number of H-pyrrole nitrogens is 1. The van der Waals surface area contributed by atoms with E-state index in [0.717, 1.165) is 6.07 Å². The molecule has 0 bridgehead atoms. The number of hydrogen-bond acceptors (Lipinski definition) is 3. The lowest BCUT2D eigenvalue weighted by molar-refractivity contribution is -0.136. The van der Waals surface area contributed by atoms with Crippen LogP contribution in [0.3, 0.4) is 0 Å². The van der Waals surface area contributed by atoms with Gasteiger partial charge in [-0.15, -0.1) is 0 Å². The van der Waals surface area contributed by atoms with Gasteiger partial charge in [-0.3, -0.25) is 9.89 Å². The van der Waals surface area contributed by atoms with E-state index in [9.17, 15) is 18.0 Å². The van der Waals surface area contributed by atoms with Crippen molar-refractivity contribution in [3.8, 4) is 17.0 Å². The second-order valence-corrected chi connectivity index (χ2v) is 5.40. The van der Waals surface area contributed by atoms with Gasteiger partial charge in [-0.2, -0.15) is 18.3 Å². The lowest BCUT2D eigenvalue weighted by Crippen LogP contribution is -2.16. The average Bonchev–Trinajstić information content (AvgIpc) is 3.11. The Labute approximate surface area is 146 Å². The fourth-order valence-electron chi connectivity index (χ4n) is 2.40. The maximum absolute atomic E-state index is 13.0. The summed E-state index contributed by atoms with van der Waals surface area (Å²) in [5, 5.41) is 8.83. The molecule has 0 unspecified atom stereocenters. The van der Waals surface area contributed by atoms with E-state index >= 15 is 0 Å². The molecule has 134 valence electrons. The lowest BCUT2D eigenvalue weighted by Gasteiger charge is -2.12. The maximum atomic E-state index is 13.0. The molecule has 3 aromatic rings. The summed E-state index contributed by atoms with van der Waals surface area (Å²) in [6, 6.07) is 13.3. The fourth-order valence-corrected chi connectivity index (χ4v) is 2.40. The van der Waals surface area contributed by atoms with Gasteiger partial charge in [0, 0.05) is 5.56 Å². The second kappa shape index (κ2) is 6.91.